The number of anilines is 1. The van der Waals surface area contributed by atoms with Gasteiger partial charge in [0.1, 0.15) is 5.75 Å². The summed E-state index contributed by atoms with van der Waals surface area (Å²) in [4.78, 5) is 4.49. The van der Waals surface area contributed by atoms with E-state index in [2.05, 4.69) is 29.5 Å². The van der Waals surface area contributed by atoms with E-state index in [-0.39, 0.29) is 0 Å². The van der Waals surface area contributed by atoms with Gasteiger partial charge in [0.05, 0.1) is 18.1 Å². The number of benzene rings is 1. The fourth-order valence-electron chi connectivity index (χ4n) is 3.28. The van der Waals surface area contributed by atoms with Crippen LogP contribution < -0.4 is 10.5 Å². The first kappa shape index (κ1) is 12.3. The molecule has 0 bridgehead atoms. The van der Waals surface area contributed by atoms with E-state index in [1.54, 1.807) is 7.11 Å². The van der Waals surface area contributed by atoms with Gasteiger partial charge in [-0.3, -0.25) is 0 Å². The van der Waals surface area contributed by atoms with Crippen molar-refractivity contribution in [3.8, 4) is 5.75 Å². The number of nitrogens with zero attached hydrogens (tertiary/aromatic N) is 2. The third-order valence-corrected chi connectivity index (χ3v) is 4.68. The van der Waals surface area contributed by atoms with Crippen LogP contribution in [0.5, 0.6) is 5.75 Å². The molecule has 1 heterocycles. The summed E-state index contributed by atoms with van der Waals surface area (Å²) in [6.07, 6.45) is 2.45. The van der Waals surface area contributed by atoms with E-state index >= 15 is 0 Å². The van der Waals surface area contributed by atoms with Crippen LogP contribution in [0.15, 0.2) is 18.2 Å². The van der Waals surface area contributed by atoms with Crippen molar-refractivity contribution in [3.63, 3.8) is 0 Å². The lowest BCUT2D eigenvalue weighted by Crippen LogP contribution is -2.16. The van der Waals surface area contributed by atoms with Gasteiger partial charge in [-0.1, -0.05) is 13.8 Å². The average Bonchev–Trinajstić information content (AvgIpc) is 2.89. The summed E-state index contributed by atoms with van der Waals surface area (Å²) in [5, 5.41) is 0. The average molecular weight is 259 g/mol. The minimum absolute atomic E-state index is 0.466. The van der Waals surface area contributed by atoms with Gasteiger partial charge >= 0.3 is 0 Å². The maximum Gasteiger partial charge on any atom is 0.201 e. The van der Waals surface area contributed by atoms with E-state index < -0.39 is 0 Å². The van der Waals surface area contributed by atoms with Crippen LogP contribution in [-0.4, -0.2) is 16.7 Å². The number of methoxy groups -OCH3 is 1. The van der Waals surface area contributed by atoms with Gasteiger partial charge in [0.15, 0.2) is 0 Å². The molecule has 0 radical (unpaired) electrons. The maximum absolute atomic E-state index is 6.14. The number of fused-ring (bicyclic) bond motifs is 1. The summed E-state index contributed by atoms with van der Waals surface area (Å²) in [6, 6.07) is 6.45. The van der Waals surface area contributed by atoms with Crippen molar-refractivity contribution in [3.05, 3.63) is 18.2 Å². The van der Waals surface area contributed by atoms with Gasteiger partial charge in [-0.25, -0.2) is 4.98 Å². The van der Waals surface area contributed by atoms with Crippen molar-refractivity contribution in [2.24, 2.45) is 11.8 Å². The van der Waals surface area contributed by atoms with Crippen molar-refractivity contribution in [2.75, 3.05) is 12.8 Å². The topological polar surface area (TPSA) is 53.1 Å². The highest BCUT2D eigenvalue weighted by Gasteiger charge is 2.32. The fourth-order valence-corrected chi connectivity index (χ4v) is 3.28. The Morgan fingerprint density at radius 2 is 2.11 bits per heavy atom. The van der Waals surface area contributed by atoms with Crippen LogP contribution in [0, 0.1) is 11.8 Å². The molecule has 1 aromatic heterocycles. The Kier molecular flexibility index (Phi) is 2.88. The molecular weight excluding hydrogens is 238 g/mol. The summed E-state index contributed by atoms with van der Waals surface area (Å²) in [5.41, 5.74) is 8.18. The highest BCUT2D eigenvalue weighted by Crippen LogP contribution is 2.42. The van der Waals surface area contributed by atoms with Crippen molar-refractivity contribution >= 4 is 17.0 Å². The fraction of sp³-hybridized carbons (Fsp3) is 0.533. The lowest BCUT2D eigenvalue weighted by Gasteiger charge is -2.21. The molecule has 0 amide bonds. The molecule has 1 aromatic carbocycles. The lowest BCUT2D eigenvalue weighted by molar-refractivity contribution is 0.361. The maximum atomic E-state index is 6.14. The standard InChI is InChI=1S/C15H21N3O/c1-9-4-6-13(10(9)2)18-14-7-5-11(19-3)8-12(14)17-15(18)16/h5,7-10,13H,4,6H2,1-3H3,(H2,16,17). The zero-order valence-electron chi connectivity index (χ0n) is 11.8. The van der Waals surface area contributed by atoms with Crippen LogP contribution in [0.4, 0.5) is 5.95 Å². The minimum Gasteiger partial charge on any atom is -0.497 e. The third kappa shape index (κ3) is 1.86. The Labute approximate surface area is 113 Å². The van der Waals surface area contributed by atoms with Crippen LogP contribution in [0.3, 0.4) is 0 Å². The zero-order chi connectivity index (χ0) is 13.6. The molecule has 1 aliphatic carbocycles. The van der Waals surface area contributed by atoms with Crippen LogP contribution in [0.25, 0.3) is 11.0 Å². The molecule has 1 aliphatic rings. The number of imidazole rings is 1. The SMILES string of the molecule is COc1ccc2c(c1)nc(N)n2C1CCC(C)C1C. The van der Waals surface area contributed by atoms with Gasteiger partial charge < -0.3 is 15.0 Å². The van der Waals surface area contributed by atoms with Gasteiger partial charge in [0, 0.05) is 12.1 Å². The minimum atomic E-state index is 0.466. The molecule has 2 aromatic rings. The molecule has 4 heteroatoms. The molecule has 102 valence electrons. The third-order valence-electron chi connectivity index (χ3n) is 4.68. The molecule has 1 saturated carbocycles. The van der Waals surface area contributed by atoms with E-state index in [0.717, 1.165) is 22.7 Å². The summed E-state index contributed by atoms with van der Waals surface area (Å²) in [5.74, 6) is 2.83. The van der Waals surface area contributed by atoms with Crippen LogP contribution in [0.2, 0.25) is 0 Å². The van der Waals surface area contributed by atoms with Gasteiger partial charge in [-0.05, 0) is 36.8 Å². The molecule has 3 rings (SSSR count). The Morgan fingerprint density at radius 3 is 2.74 bits per heavy atom. The number of rotatable bonds is 2. The molecular formula is C15H21N3O. The van der Waals surface area contributed by atoms with Crippen molar-refractivity contribution in [2.45, 2.75) is 32.7 Å². The van der Waals surface area contributed by atoms with Crippen LogP contribution >= 0.6 is 0 Å². The predicted molar refractivity (Wildman–Crippen MR) is 77.3 cm³/mol. The summed E-state index contributed by atoms with van der Waals surface area (Å²) >= 11 is 0. The number of nitrogen functional groups attached to an aromatic ring is 1. The molecule has 0 saturated heterocycles. The first-order valence-electron chi connectivity index (χ1n) is 6.93. The van der Waals surface area contributed by atoms with E-state index in [9.17, 15) is 0 Å². The molecule has 3 unspecified atom stereocenters. The largest absolute Gasteiger partial charge is 0.497 e. The summed E-state index contributed by atoms with van der Waals surface area (Å²) < 4.78 is 7.46. The predicted octanol–water partition coefficient (Wildman–Crippen LogP) is 3.23. The Bertz CT molecular complexity index is 605. The van der Waals surface area contributed by atoms with Crippen molar-refractivity contribution in [1.82, 2.24) is 9.55 Å². The number of ether oxygens (including phenoxy) is 1. The summed E-state index contributed by atoms with van der Waals surface area (Å²) in [6.45, 7) is 4.64. The molecule has 19 heavy (non-hydrogen) atoms. The number of nitrogens with two attached hydrogens (primary N) is 1. The van der Waals surface area contributed by atoms with Gasteiger partial charge in [0.25, 0.3) is 0 Å². The highest BCUT2D eigenvalue weighted by molar-refractivity contribution is 5.80. The zero-order valence-corrected chi connectivity index (χ0v) is 11.8. The molecule has 1 fully saturated rings. The molecule has 0 spiro atoms. The quantitative estimate of drug-likeness (QED) is 0.900. The van der Waals surface area contributed by atoms with Gasteiger partial charge in [-0.2, -0.15) is 0 Å². The van der Waals surface area contributed by atoms with E-state index in [1.807, 2.05) is 12.1 Å². The van der Waals surface area contributed by atoms with Crippen LogP contribution in [-0.2, 0) is 0 Å². The summed E-state index contributed by atoms with van der Waals surface area (Å²) in [7, 11) is 1.67. The molecule has 2 N–H and O–H groups in total. The molecule has 3 atom stereocenters. The van der Waals surface area contributed by atoms with Crippen molar-refractivity contribution < 1.29 is 4.74 Å². The normalized spacial score (nSPS) is 27.0. The number of aromatic nitrogens is 2. The molecule has 4 nitrogen and oxygen atoms in total. The second-order valence-electron chi connectivity index (χ2n) is 5.68. The highest BCUT2D eigenvalue weighted by atomic mass is 16.5. The lowest BCUT2D eigenvalue weighted by atomic mass is 9.97. The Balaban J connectivity index is 2.11. The second-order valence-corrected chi connectivity index (χ2v) is 5.68. The van der Waals surface area contributed by atoms with Gasteiger partial charge in [0.2, 0.25) is 5.95 Å². The second kappa shape index (κ2) is 4.44. The van der Waals surface area contributed by atoms with Crippen LogP contribution in [0.1, 0.15) is 32.7 Å². The first-order chi connectivity index (χ1) is 9.11. The van der Waals surface area contributed by atoms with E-state index in [1.165, 1.54) is 12.8 Å². The first-order valence-corrected chi connectivity index (χ1v) is 6.93. The van der Waals surface area contributed by atoms with E-state index in [0.29, 0.717) is 17.9 Å². The van der Waals surface area contributed by atoms with Crippen molar-refractivity contribution in [1.29, 1.82) is 0 Å². The van der Waals surface area contributed by atoms with E-state index in [4.69, 9.17) is 10.5 Å². The smallest absolute Gasteiger partial charge is 0.201 e. The molecule has 0 aliphatic heterocycles. The Morgan fingerprint density at radius 1 is 1.32 bits per heavy atom. The number of hydrogen-bond donors (Lipinski definition) is 1. The Hall–Kier alpha value is -1.71. The van der Waals surface area contributed by atoms with Gasteiger partial charge in [-0.15, -0.1) is 0 Å². The number of hydrogen-bond acceptors (Lipinski definition) is 3. The monoisotopic (exact) mass is 259 g/mol.